The molecule has 0 radical (unpaired) electrons. The summed E-state index contributed by atoms with van der Waals surface area (Å²) in [5, 5.41) is 0. The normalized spacial score (nSPS) is 7.00. The third kappa shape index (κ3) is 9.62. The average molecular weight is 234 g/mol. The molecule has 0 aliphatic rings. The molecule has 0 aliphatic carbocycles. The van der Waals surface area contributed by atoms with Crippen molar-refractivity contribution in [2.24, 2.45) is 0 Å². The molecule has 0 heteroatoms. The van der Waals surface area contributed by atoms with Crippen molar-refractivity contribution in [2.45, 2.75) is 48.5 Å². The molecule has 0 saturated heterocycles. The van der Waals surface area contributed by atoms with Gasteiger partial charge in [-0.25, -0.2) is 0 Å². The number of rotatable bonds is 2. The molecule has 0 N–H and O–H groups in total. The Kier molecular flexibility index (Phi) is 21.2. The van der Waals surface area contributed by atoms with E-state index in [0.29, 0.717) is 0 Å². The van der Waals surface area contributed by atoms with Crippen LogP contribution in [0.2, 0.25) is 0 Å². The Bertz CT molecular complexity index is 282. The lowest BCUT2D eigenvalue weighted by atomic mass is 10.1. The summed E-state index contributed by atoms with van der Waals surface area (Å²) >= 11 is 0. The Balaban J connectivity index is -0.000000285. The Morgan fingerprint density at radius 3 is 1.59 bits per heavy atom. The molecular weight excluding hydrogens is 204 g/mol. The van der Waals surface area contributed by atoms with Crippen LogP contribution < -0.4 is 0 Å². The maximum Gasteiger partial charge on any atom is -0.0233 e. The SMILES string of the molecule is C=Cc1ccc(C=C)c(C)c1.CC.CC.CC. The number of aryl methyl sites for hydroxylation is 1. The van der Waals surface area contributed by atoms with Crippen LogP contribution >= 0.6 is 0 Å². The van der Waals surface area contributed by atoms with Crippen molar-refractivity contribution in [3.8, 4) is 0 Å². The van der Waals surface area contributed by atoms with E-state index in [1.807, 2.05) is 59.8 Å². The fourth-order valence-electron chi connectivity index (χ4n) is 1.05. The quantitative estimate of drug-likeness (QED) is 0.558. The van der Waals surface area contributed by atoms with E-state index in [0.717, 1.165) is 5.56 Å². The van der Waals surface area contributed by atoms with E-state index in [-0.39, 0.29) is 0 Å². The van der Waals surface area contributed by atoms with Gasteiger partial charge >= 0.3 is 0 Å². The second-order valence-corrected chi connectivity index (χ2v) is 2.52. The molecule has 0 fully saturated rings. The van der Waals surface area contributed by atoms with E-state index < -0.39 is 0 Å². The monoisotopic (exact) mass is 234 g/mol. The van der Waals surface area contributed by atoms with Gasteiger partial charge in [0.1, 0.15) is 0 Å². The number of benzene rings is 1. The van der Waals surface area contributed by atoms with Crippen molar-refractivity contribution in [1.82, 2.24) is 0 Å². The molecule has 98 valence electrons. The Labute approximate surface area is 109 Å². The standard InChI is InChI=1S/C11H12.3C2H6/c1-4-10-6-7-11(5-2)9(3)8-10;3*1-2/h4-8H,1-2H2,3H3;3*1-2H3. The summed E-state index contributed by atoms with van der Waals surface area (Å²) in [5.74, 6) is 0. The molecule has 0 nitrogen and oxygen atoms in total. The summed E-state index contributed by atoms with van der Waals surface area (Å²) in [4.78, 5) is 0. The molecule has 1 aromatic rings. The van der Waals surface area contributed by atoms with Gasteiger partial charge < -0.3 is 0 Å². The minimum atomic E-state index is 1.16. The predicted molar refractivity (Wildman–Crippen MR) is 85.4 cm³/mol. The third-order valence-electron chi connectivity index (χ3n) is 1.75. The van der Waals surface area contributed by atoms with E-state index in [1.165, 1.54) is 11.1 Å². The molecule has 0 aliphatic heterocycles. The van der Waals surface area contributed by atoms with Crippen LogP contribution in [0.25, 0.3) is 12.2 Å². The molecule has 0 amide bonds. The van der Waals surface area contributed by atoms with E-state index >= 15 is 0 Å². The third-order valence-corrected chi connectivity index (χ3v) is 1.75. The number of hydrogen-bond acceptors (Lipinski definition) is 0. The Morgan fingerprint density at radius 1 is 0.824 bits per heavy atom. The van der Waals surface area contributed by atoms with Gasteiger partial charge in [0, 0.05) is 0 Å². The minimum Gasteiger partial charge on any atom is -0.0985 e. The van der Waals surface area contributed by atoms with Crippen LogP contribution in [-0.2, 0) is 0 Å². The first-order valence-corrected chi connectivity index (χ1v) is 6.63. The first kappa shape index (κ1) is 21.0. The minimum absolute atomic E-state index is 1.16. The number of hydrogen-bond donors (Lipinski definition) is 0. The van der Waals surface area contributed by atoms with Crippen LogP contribution in [0.1, 0.15) is 58.2 Å². The van der Waals surface area contributed by atoms with Gasteiger partial charge in [0.2, 0.25) is 0 Å². The molecule has 0 atom stereocenters. The van der Waals surface area contributed by atoms with Gasteiger partial charge in [-0.1, -0.05) is 85.1 Å². The lowest BCUT2D eigenvalue weighted by Gasteiger charge is -2.00. The van der Waals surface area contributed by atoms with Gasteiger partial charge in [-0.3, -0.25) is 0 Å². The first-order valence-electron chi connectivity index (χ1n) is 6.63. The van der Waals surface area contributed by atoms with Crippen molar-refractivity contribution in [1.29, 1.82) is 0 Å². The molecule has 0 unspecified atom stereocenters. The molecule has 0 heterocycles. The molecule has 1 aromatic carbocycles. The molecular formula is C17H30. The molecule has 0 spiro atoms. The molecule has 0 saturated carbocycles. The molecule has 0 aromatic heterocycles. The van der Waals surface area contributed by atoms with Crippen molar-refractivity contribution >= 4 is 12.2 Å². The van der Waals surface area contributed by atoms with Crippen LogP contribution in [0.4, 0.5) is 0 Å². The van der Waals surface area contributed by atoms with Gasteiger partial charge in [0.05, 0.1) is 0 Å². The fraction of sp³-hybridized carbons (Fsp3) is 0.412. The second-order valence-electron chi connectivity index (χ2n) is 2.52. The van der Waals surface area contributed by atoms with Crippen molar-refractivity contribution < 1.29 is 0 Å². The summed E-state index contributed by atoms with van der Waals surface area (Å²) in [5.41, 5.74) is 3.60. The highest BCUT2D eigenvalue weighted by atomic mass is 14.0. The fourth-order valence-corrected chi connectivity index (χ4v) is 1.05. The zero-order valence-corrected chi connectivity index (χ0v) is 12.8. The highest BCUT2D eigenvalue weighted by Crippen LogP contribution is 2.12. The van der Waals surface area contributed by atoms with Crippen molar-refractivity contribution in [3.63, 3.8) is 0 Å². The zero-order chi connectivity index (χ0) is 14.3. The summed E-state index contributed by atoms with van der Waals surface area (Å²) in [6.45, 7) is 21.5. The maximum absolute atomic E-state index is 3.72. The van der Waals surface area contributed by atoms with Crippen molar-refractivity contribution in [2.75, 3.05) is 0 Å². The molecule has 0 bridgehead atoms. The van der Waals surface area contributed by atoms with Crippen LogP contribution in [-0.4, -0.2) is 0 Å². The van der Waals surface area contributed by atoms with Crippen LogP contribution in [0, 0.1) is 6.92 Å². The lowest BCUT2D eigenvalue weighted by molar-refractivity contribution is 1.43. The van der Waals surface area contributed by atoms with Crippen LogP contribution in [0.15, 0.2) is 31.4 Å². The maximum atomic E-state index is 3.72. The topological polar surface area (TPSA) is 0 Å². The van der Waals surface area contributed by atoms with Gasteiger partial charge in [-0.05, 0) is 23.6 Å². The van der Waals surface area contributed by atoms with E-state index in [4.69, 9.17) is 0 Å². The Morgan fingerprint density at radius 2 is 1.29 bits per heavy atom. The smallest absolute Gasteiger partial charge is 0.0233 e. The summed E-state index contributed by atoms with van der Waals surface area (Å²) < 4.78 is 0. The summed E-state index contributed by atoms with van der Waals surface area (Å²) in [6.07, 6.45) is 3.71. The van der Waals surface area contributed by atoms with Gasteiger partial charge in [-0.15, -0.1) is 0 Å². The molecule has 1 rings (SSSR count). The van der Waals surface area contributed by atoms with Gasteiger partial charge in [0.25, 0.3) is 0 Å². The summed E-state index contributed by atoms with van der Waals surface area (Å²) in [7, 11) is 0. The lowest BCUT2D eigenvalue weighted by Crippen LogP contribution is -1.80. The largest absolute Gasteiger partial charge is 0.0985 e. The average Bonchev–Trinajstić information content (AvgIpc) is 2.45. The van der Waals surface area contributed by atoms with Crippen LogP contribution in [0.5, 0.6) is 0 Å². The Hall–Kier alpha value is -1.30. The first-order chi connectivity index (χ1) is 8.27. The summed E-state index contributed by atoms with van der Waals surface area (Å²) in [6, 6.07) is 6.19. The second kappa shape index (κ2) is 17.1. The highest BCUT2D eigenvalue weighted by molar-refractivity contribution is 5.57. The van der Waals surface area contributed by atoms with E-state index in [9.17, 15) is 0 Å². The highest BCUT2D eigenvalue weighted by Gasteiger charge is 1.92. The van der Waals surface area contributed by atoms with E-state index in [2.05, 4.69) is 32.2 Å². The molecule has 17 heavy (non-hydrogen) atoms. The van der Waals surface area contributed by atoms with Gasteiger partial charge in [-0.2, -0.15) is 0 Å². The van der Waals surface area contributed by atoms with E-state index in [1.54, 1.807) is 0 Å². The zero-order valence-electron chi connectivity index (χ0n) is 12.8. The van der Waals surface area contributed by atoms with Crippen LogP contribution in [0.3, 0.4) is 0 Å². The predicted octanol–water partition coefficient (Wildman–Crippen LogP) is 6.36. The van der Waals surface area contributed by atoms with Crippen molar-refractivity contribution in [3.05, 3.63) is 48.0 Å². The van der Waals surface area contributed by atoms with Gasteiger partial charge in [0.15, 0.2) is 0 Å².